The SMILES string of the molecule is CNC(=S)NCc1ccccc1-c1ccc(CN2CCCC2=O)cc1. The molecule has 0 atom stereocenters. The number of rotatable bonds is 5. The Kier molecular flexibility index (Phi) is 5.66. The summed E-state index contributed by atoms with van der Waals surface area (Å²) < 4.78 is 0. The summed E-state index contributed by atoms with van der Waals surface area (Å²) >= 11 is 5.15. The van der Waals surface area contributed by atoms with E-state index in [4.69, 9.17) is 12.2 Å². The molecule has 1 fully saturated rings. The van der Waals surface area contributed by atoms with Gasteiger partial charge in [0.05, 0.1) is 0 Å². The molecule has 5 heteroatoms. The molecule has 4 nitrogen and oxygen atoms in total. The van der Waals surface area contributed by atoms with Crippen LogP contribution in [0.5, 0.6) is 0 Å². The fraction of sp³-hybridized carbons (Fsp3) is 0.300. The van der Waals surface area contributed by atoms with Crippen molar-refractivity contribution in [2.45, 2.75) is 25.9 Å². The first-order chi connectivity index (χ1) is 12.2. The van der Waals surface area contributed by atoms with Gasteiger partial charge in [-0.05, 0) is 40.9 Å². The molecule has 2 N–H and O–H groups in total. The number of nitrogens with zero attached hydrogens (tertiary/aromatic N) is 1. The summed E-state index contributed by atoms with van der Waals surface area (Å²) in [5, 5.41) is 6.77. The zero-order valence-corrected chi connectivity index (χ0v) is 15.2. The third-order valence-electron chi connectivity index (χ3n) is 4.49. The predicted octanol–water partition coefficient (Wildman–Crippen LogP) is 3.07. The Hall–Kier alpha value is -2.40. The molecule has 0 saturated carbocycles. The summed E-state index contributed by atoms with van der Waals surface area (Å²) in [4.78, 5) is 13.7. The van der Waals surface area contributed by atoms with E-state index in [0.29, 0.717) is 24.6 Å². The van der Waals surface area contributed by atoms with Crippen molar-refractivity contribution in [1.29, 1.82) is 0 Å². The van der Waals surface area contributed by atoms with Gasteiger partial charge < -0.3 is 15.5 Å². The topological polar surface area (TPSA) is 44.4 Å². The molecule has 1 amide bonds. The van der Waals surface area contributed by atoms with Crippen molar-refractivity contribution in [1.82, 2.24) is 15.5 Å². The van der Waals surface area contributed by atoms with E-state index in [2.05, 4.69) is 47.0 Å². The van der Waals surface area contributed by atoms with Crippen LogP contribution in [0.1, 0.15) is 24.0 Å². The van der Waals surface area contributed by atoms with Crippen molar-refractivity contribution in [3.8, 4) is 11.1 Å². The molecule has 1 aliphatic rings. The molecule has 1 heterocycles. The van der Waals surface area contributed by atoms with Gasteiger partial charge in [-0.15, -0.1) is 0 Å². The van der Waals surface area contributed by atoms with Gasteiger partial charge >= 0.3 is 0 Å². The maximum absolute atomic E-state index is 11.8. The molecule has 1 aliphatic heterocycles. The molecule has 0 aromatic heterocycles. The minimum atomic E-state index is 0.265. The van der Waals surface area contributed by atoms with E-state index >= 15 is 0 Å². The molecule has 0 radical (unpaired) electrons. The number of hydrogen-bond donors (Lipinski definition) is 2. The van der Waals surface area contributed by atoms with Crippen LogP contribution in [0.3, 0.4) is 0 Å². The first-order valence-electron chi connectivity index (χ1n) is 8.58. The molecule has 3 rings (SSSR count). The predicted molar refractivity (Wildman–Crippen MR) is 105 cm³/mol. The summed E-state index contributed by atoms with van der Waals surface area (Å²) in [6.45, 7) is 2.26. The lowest BCUT2D eigenvalue weighted by atomic mass is 9.98. The number of carbonyl (C=O) groups excluding carboxylic acids is 1. The van der Waals surface area contributed by atoms with Crippen molar-refractivity contribution in [3.63, 3.8) is 0 Å². The van der Waals surface area contributed by atoms with Gasteiger partial charge in [-0.1, -0.05) is 48.5 Å². The lowest BCUT2D eigenvalue weighted by Gasteiger charge is -2.16. The van der Waals surface area contributed by atoms with Crippen molar-refractivity contribution in [3.05, 3.63) is 59.7 Å². The number of carbonyl (C=O) groups is 1. The Balaban J connectivity index is 1.73. The van der Waals surface area contributed by atoms with Gasteiger partial charge in [0.25, 0.3) is 0 Å². The minimum absolute atomic E-state index is 0.265. The third-order valence-corrected chi connectivity index (χ3v) is 4.84. The Bertz CT molecular complexity index is 758. The van der Waals surface area contributed by atoms with Crippen LogP contribution in [0.4, 0.5) is 0 Å². The molecule has 25 heavy (non-hydrogen) atoms. The van der Waals surface area contributed by atoms with Gasteiger partial charge in [-0.25, -0.2) is 0 Å². The molecular weight excluding hydrogens is 330 g/mol. The normalized spacial score (nSPS) is 13.8. The highest BCUT2D eigenvalue weighted by molar-refractivity contribution is 7.80. The average molecular weight is 353 g/mol. The molecule has 130 valence electrons. The molecular formula is C20H23N3OS. The van der Waals surface area contributed by atoms with E-state index in [1.807, 2.05) is 24.1 Å². The second-order valence-corrected chi connectivity index (χ2v) is 6.61. The van der Waals surface area contributed by atoms with E-state index in [9.17, 15) is 4.79 Å². The van der Waals surface area contributed by atoms with Crippen LogP contribution in [-0.2, 0) is 17.9 Å². The van der Waals surface area contributed by atoms with Crippen molar-refractivity contribution in [2.24, 2.45) is 0 Å². The summed E-state index contributed by atoms with van der Waals surface area (Å²) in [6, 6.07) is 16.8. The van der Waals surface area contributed by atoms with Gasteiger partial charge in [0, 0.05) is 33.1 Å². The fourth-order valence-electron chi connectivity index (χ4n) is 3.10. The first kappa shape index (κ1) is 17.4. The number of amides is 1. The Morgan fingerprint density at radius 3 is 2.60 bits per heavy atom. The molecule has 0 spiro atoms. The van der Waals surface area contributed by atoms with Crippen LogP contribution in [0.2, 0.25) is 0 Å². The fourth-order valence-corrected chi connectivity index (χ4v) is 3.17. The smallest absolute Gasteiger partial charge is 0.222 e. The molecule has 0 bridgehead atoms. The largest absolute Gasteiger partial charge is 0.366 e. The van der Waals surface area contributed by atoms with Gasteiger partial charge in [-0.3, -0.25) is 4.79 Å². The molecule has 1 saturated heterocycles. The van der Waals surface area contributed by atoms with Gasteiger partial charge in [0.15, 0.2) is 5.11 Å². The maximum Gasteiger partial charge on any atom is 0.222 e. The summed E-state index contributed by atoms with van der Waals surface area (Å²) in [7, 11) is 1.81. The second-order valence-electron chi connectivity index (χ2n) is 6.21. The number of likely N-dealkylation sites (tertiary alicyclic amines) is 1. The average Bonchev–Trinajstić information content (AvgIpc) is 3.05. The van der Waals surface area contributed by atoms with Crippen LogP contribution in [-0.4, -0.2) is 29.5 Å². The number of nitrogens with one attached hydrogen (secondary N) is 2. The summed E-state index contributed by atoms with van der Waals surface area (Å²) in [5.41, 5.74) is 4.73. The van der Waals surface area contributed by atoms with Crippen LogP contribution >= 0.6 is 12.2 Å². The van der Waals surface area contributed by atoms with Crippen LogP contribution in [0, 0.1) is 0 Å². The lowest BCUT2D eigenvalue weighted by molar-refractivity contribution is -0.128. The highest BCUT2D eigenvalue weighted by atomic mass is 32.1. The number of thiocarbonyl (C=S) groups is 1. The molecule has 0 aliphatic carbocycles. The Morgan fingerprint density at radius 2 is 1.92 bits per heavy atom. The van der Waals surface area contributed by atoms with Crippen LogP contribution < -0.4 is 10.6 Å². The standard InChI is InChI=1S/C20H23N3OS/c1-21-20(25)22-13-17-5-2-3-6-18(17)16-10-8-15(9-11-16)14-23-12-4-7-19(23)24/h2-3,5-6,8-11H,4,7,12-14H2,1H3,(H2,21,22,25). The van der Waals surface area contributed by atoms with E-state index in [-0.39, 0.29) is 5.91 Å². The van der Waals surface area contributed by atoms with Crippen LogP contribution in [0.15, 0.2) is 48.5 Å². The van der Waals surface area contributed by atoms with E-state index in [1.165, 1.54) is 22.3 Å². The zero-order chi connectivity index (χ0) is 17.6. The van der Waals surface area contributed by atoms with Crippen LogP contribution in [0.25, 0.3) is 11.1 Å². The second kappa shape index (κ2) is 8.12. The molecule has 0 unspecified atom stereocenters. The van der Waals surface area contributed by atoms with Crippen molar-refractivity contribution >= 4 is 23.2 Å². The summed E-state index contributed by atoms with van der Waals surface area (Å²) in [5.74, 6) is 0.265. The third kappa shape index (κ3) is 4.37. The first-order valence-corrected chi connectivity index (χ1v) is 8.99. The summed E-state index contributed by atoms with van der Waals surface area (Å²) in [6.07, 6.45) is 1.67. The highest BCUT2D eigenvalue weighted by Crippen LogP contribution is 2.25. The quantitative estimate of drug-likeness (QED) is 0.811. The van der Waals surface area contributed by atoms with Crippen molar-refractivity contribution < 1.29 is 4.79 Å². The zero-order valence-electron chi connectivity index (χ0n) is 14.4. The van der Waals surface area contributed by atoms with Gasteiger partial charge in [0.2, 0.25) is 5.91 Å². The van der Waals surface area contributed by atoms with E-state index in [1.54, 1.807) is 0 Å². The van der Waals surface area contributed by atoms with E-state index < -0.39 is 0 Å². The molecule has 2 aromatic rings. The van der Waals surface area contributed by atoms with Gasteiger partial charge in [0.1, 0.15) is 0 Å². The van der Waals surface area contributed by atoms with Gasteiger partial charge in [-0.2, -0.15) is 0 Å². The maximum atomic E-state index is 11.8. The number of benzene rings is 2. The Labute approximate surface area is 154 Å². The monoisotopic (exact) mass is 353 g/mol. The minimum Gasteiger partial charge on any atom is -0.366 e. The van der Waals surface area contributed by atoms with E-state index in [0.717, 1.165) is 13.0 Å². The highest BCUT2D eigenvalue weighted by Gasteiger charge is 2.19. The molecule has 2 aromatic carbocycles. The Morgan fingerprint density at radius 1 is 1.16 bits per heavy atom. The lowest BCUT2D eigenvalue weighted by Crippen LogP contribution is -2.31. The number of hydrogen-bond acceptors (Lipinski definition) is 2. The van der Waals surface area contributed by atoms with Crippen molar-refractivity contribution in [2.75, 3.05) is 13.6 Å².